The van der Waals surface area contributed by atoms with E-state index in [2.05, 4.69) is 15.0 Å². The van der Waals surface area contributed by atoms with Gasteiger partial charge in [0.05, 0.1) is 12.1 Å². The van der Waals surface area contributed by atoms with Crippen LogP contribution in [0.25, 0.3) is 10.9 Å². The summed E-state index contributed by atoms with van der Waals surface area (Å²) in [6, 6.07) is 9.35. The van der Waals surface area contributed by atoms with Crippen LogP contribution in [0, 0.1) is 0 Å². The van der Waals surface area contributed by atoms with Crippen LogP contribution in [0.2, 0.25) is 0 Å². The van der Waals surface area contributed by atoms with Crippen LogP contribution in [0.3, 0.4) is 0 Å². The molecule has 5 N–H and O–H groups in total. The highest BCUT2D eigenvalue weighted by Crippen LogP contribution is 2.20. The van der Waals surface area contributed by atoms with Crippen molar-refractivity contribution in [2.75, 3.05) is 18.5 Å². The van der Waals surface area contributed by atoms with Crippen molar-refractivity contribution in [3.8, 4) is 0 Å². The lowest BCUT2D eigenvalue weighted by Gasteiger charge is -2.10. The predicted molar refractivity (Wildman–Crippen MR) is 81.7 cm³/mol. The summed E-state index contributed by atoms with van der Waals surface area (Å²) >= 11 is 5.06. The van der Waals surface area contributed by atoms with Crippen molar-refractivity contribution in [1.29, 1.82) is 0 Å². The van der Waals surface area contributed by atoms with Crippen LogP contribution >= 0.6 is 12.2 Å². The van der Waals surface area contributed by atoms with Crippen LogP contribution in [0.4, 0.5) is 10.6 Å². The van der Waals surface area contributed by atoms with E-state index in [9.17, 15) is 4.79 Å². The first kappa shape index (κ1) is 14.0. The lowest BCUT2D eigenvalue weighted by atomic mass is 10.1. The van der Waals surface area contributed by atoms with Gasteiger partial charge in [0, 0.05) is 10.9 Å². The summed E-state index contributed by atoms with van der Waals surface area (Å²) in [4.78, 5) is 15.2. The zero-order valence-corrected chi connectivity index (χ0v) is 11.4. The van der Waals surface area contributed by atoms with E-state index < -0.39 is 6.09 Å². The van der Waals surface area contributed by atoms with Gasteiger partial charge in [-0.3, -0.25) is 0 Å². The monoisotopic (exact) mass is 290 g/mol. The van der Waals surface area contributed by atoms with Gasteiger partial charge in [0.15, 0.2) is 0 Å². The van der Waals surface area contributed by atoms with Crippen molar-refractivity contribution < 1.29 is 9.53 Å². The summed E-state index contributed by atoms with van der Waals surface area (Å²) in [6.07, 6.45) is -0.804. The maximum atomic E-state index is 10.5. The van der Waals surface area contributed by atoms with Crippen molar-refractivity contribution in [2.45, 2.75) is 0 Å². The molecule has 0 atom stereocenters. The number of nitrogens with one attached hydrogen (secondary N) is 1. The summed E-state index contributed by atoms with van der Waals surface area (Å²) in [7, 11) is 0. The van der Waals surface area contributed by atoms with E-state index >= 15 is 0 Å². The minimum atomic E-state index is -0.804. The molecule has 0 aliphatic heterocycles. The summed E-state index contributed by atoms with van der Waals surface area (Å²) in [5, 5.41) is 3.93. The summed E-state index contributed by atoms with van der Waals surface area (Å²) in [5.41, 5.74) is 12.1. The van der Waals surface area contributed by atoms with Gasteiger partial charge < -0.3 is 21.5 Å². The molecular formula is C13H14N4O2S. The van der Waals surface area contributed by atoms with E-state index in [-0.39, 0.29) is 6.61 Å². The highest BCUT2D eigenvalue weighted by atomic mass is 32.1. The number of hydrogen-bond donors (Lipinski definition) is 3. The van der Waals surface area contributed by atoms with Crippen molar-refractivity contribution in [3.63, 3.8) is 0 Å². The van der Waals surface area contributed by atoms with Crippen molar-refractivity contribution >= 4 is 40.0 Å². The van der Waals surface area contributed by atoms with Gasteiger partial charge >= 0.3 is 6.09 Å². The normalized spacial score (nSPS) is 10.2. The Morgan fingerprint density at radius 3 is 2.80 bits per heavy atom. The molecule has 20 heavy (non-hydrogen) atoms. The molecule has 0 aliphatic rings. The maximum absolute atomic E-state index is 10.5. The van der Waals surface area contributed by atoms with Crippen LogP contribution in [-0.2, 0) is 4.74 Å². The first-order valence-corrected chi connectivity index (χ1v) is 6.34. The molecule has 2 rings (SSSR count). The van der Waals surface area contributed by atoms with E-state index in [0.717, 1.165) is 16.5 Å². The first-order chi connectivity index (χ1) is 9.58. The van der Waals surface area contributed by atoms with Crippen molar-refractivity contribution in [1.82, 2.24) is 4.98 Å². The number of ether oxygens (including phenoxy) is 1. The molecule has 2 aromatic rings. The SMILES string of the molecule is NC(=O)OCCNc1cc(C(N)=S)c2ccccc2n1. The second-order valence-electron chi connectivity index (χ2n) is 4.03. The zero-order valence-electron chi connectivity index (χ0n) is 10.6. The molecule has 0 unspecified atom stereocenters. The van der Waals surface area contributed by atoms with Crippen LogP contribution < -0.4 is 16.8 Å². The lowest BCUT2D eigenvalue weighted by molar-refractivity contribution is 0.161. The minimum absolute atomic E-state index is 0.159. The topological polar surface area (TPSA) is 103 Å². The fraction of sp³-hybridized carbons (Fsp3) is 0.154. The third-order valence-electron chi connectivity index (χ3n) is 2.63. The second-order valence-corrected chi connectivity index (χ2v) is 4.47. The average molecular weight is 290 g/mol. The number of nitrogens with two attached hydrogens (primary N) is 2. The molecule has 1 amide bonds. The number of amides is 1. The molecule has 0 aliphatic carbocycles. The molecule has 7 heteroatoms. The van der Waals surface area contributed by atoms with Crippen LogP contribution in [0.15, 0.2) is 30.3 Å². The van der Waals surface area contributed by atoms with Crippen LogP contribution in [0.5, 0.6) is 0 Å². The summed E-state index contributed by atoms with van der Waals surface area (Å²) < 4.78 is 4.63. The molecule has 0 saturated heterocycles. The number of nitrogens with zero attached hydrogens (tertiary/aromatic N) is 1. The van der Waals surface area contributed by atoms with Gasteiger partial charge in [-0.1, -0.05) is 30.4 Å². The van der Waals surface area contributed by atoms with Gasteiger partial charge in [-0.05, 0) is 12.1 Å². The van der Waals surface area contributed by atoms with Crippen LogP contribution in [-0.4, -0.2) is 29.2 Å². The standard InChI is InChI=1S/C13H14N4O2S/c14-12(20)9-7-11(16-5-6-19-13(15)18)17-10-4-2-1-3-8(9)10/h1-4,7H,5-6H2,(H2,14,20)(H2,15,18)(H,16,17). The number of pyridine rings is 1. The second kappa shape index (κ2) is 6.16. The number of benzene rings is 1. The van der Waals surface area contributed by atoms with Crippen LogP contribution in [0.1, 0.15) is 5.56 Å². The van der Waals surface area contributed by atoms with E-state index in [1.54, 1.807) is 6.07 Å². The van der Waals surface area contributed by atoms with Crippen molar-refractivity contribution in [2.24, 2.45) is 11.5 Å². The molecule has 0 spiro atoms. The molecule has 1 aromatic heterocycles. The minimum Gasteiger partial charge on any atom is -0.448 e. The van der Waals surface area contributed by atoms with Gasteiger partial charge in [0.25, 0.3) is 0 Å². The van der Waals surface area contributed by atoms with E-state index in [4.69, 9.17) is 23.7 Å². The Kier molecular flexibility index (Phi) is 4.31. The number of anilines is 1. The number of hydrogen-bond acceptors (Lipinski definition) is 5. The largest absolute Gasteiger partial charge is 0.448 e. The molecule has 0 fully saturated rings. The van der Waals surface area contributed by atoms with Crippen molar-refractivity contribution in [3.05, 3.63) is 35.9 Å². The number of para-hydroxylation sites is 1. The smallest absolute Gasteiger partial charge is 0.404 e. The van der Waals surface area contributed by atoms with Gasteiger partial charge in [0.2, 0.25) is 0 Å². The first-order valence-electron chi connectivity index (χ1n) is 5.93. The Balaban J connectivity index is 2.22. The molecule has 0 saturated carbocycles. The third-order valence-corrected chi connectivity index (χ3v) is 2.85. The fourth-order valence-electron chi connectivity index (χ4n) is 1.80. The molecule has 1 heterocycles. The summed E-state index contributed by atoms with van der Waals surface area (Å²) in [5.74, 6) is 0.611. The number of fused-ring (bicyclic) bond motifs is 1. The maximum Gasteiger partial charge on any atom is 0.404 e. The molecule has 0 radical (unpaired) electrons. The number of carbonyl (C=O) groups is 1. The highest BCUT2D eigenvalue weighted by molar-refractivity contribution is 7.80. The molecule has 0 bridgehead atoms. The number of rotatable bonds is 5. The number of aromatic nitrogens is 1. The number of primary amides is 1. The Labute approximate surface area is 121 Å². The lowest BCUT2D eigenvalue weighted by Crippen LogP contribution is -2.19. The molecule has 1 aromatic carbocycles. The Bertz CT molecular complexity index is 660. The van der Waals surface area contributed by atoms with Gasteiger partial charge in [-0.25, -0.2) is 9.78 Å². The quantitative estimate of drug-likeness (QED) is 0.568. The average Bonchev–Trinajstić information content (AvgIpc) is 2.42. The van der Waals surface area contributed by atoms with Gasteiger partial charge in [-0.15, -0.1) is 0 Å². The van der Waals surface area contributed by atoms with Gasteiger partial charge in [0.1, 0.15) is 17.4 Å². The summed E-state index contributed by atoms with van der Waals surface area (Å²) in [6.45, 7) is 0.553. The Morgan fingerprint density at radius 2 is 2.10 bits per heavy atom. The fourth-order valence-corrected chi connectivity index (χ4v) is 1.97. The Hall–Kier alpha value is -2.41. The highest BCUT2D eigenvalue weighted by Gasteiger charge is 2.07. The third kappa shape index (κ3) is 3.33. The molecule has 104 valence electrons. The molecule has 6 nitrogen and oxygen atoms in total. The Morgan fingerprint density at radius 1 is 1.35 bits per heavy atom. The number of carbonyl (C=O) groups excluding carboxylic acids is 1. The number of thiocarbonyl (C=S) groups is 1. The van der Waals surface area contributed by atoms with E-state index in [1.807, 2.05) is 24.3 Å². The predicted octanol–water partition coefficient (Wildman–Crippen LogP) is 1.38. The van der Waals surface area contributed by atoms with E-state index in [1.165, 1.54) is 0 Å². The molecular weight excluding hydrogens is 276 g/mol. The zero-order chi connectivity index (χ0) is 14.5. The van der Waals surface area contributed by atoms with E-state index in [0.29, 0.717) is 17.4 Å². The van der Waals surface area contributed by atoms with Gasteiger partial charge in [-0.2, -0.15) is 0 Å².